The molecule has 0 saturated heterocycles. The van der Waals surface area contributed by atoms with Crippen LogP contribution in [-0.2, 0) is 4.79 Å². The van der Waals surface area contributed by atoms with Crippen LogP contribution in [0.4, 0.5) is 0 Å². The van der Waals surface area contributed by atoms with E-state index in [1.165, 1.54) is 83.6 Å². The normalized spacial score (nSPS) is 10.5. The lowest BCUT2D eigenvalue weighted by molar-refractivity contribution is -0.137. The molecule has 0 rings (SSSR count). The molecule has 0 aromatic carbocycles. The number of hydrogen-bond donors (Lipinski definition) is 1. The third-order valence-corrected chi connectivity index (χ3v) is 4.17. The summed E-state index contributed by atoms with van der Waals surface area (Å²) in [6.07, 6.45) is 18.5. The van der Waals surface area contributed by atoms with E-state index in [1.807, 2.05) is 0 Å². The molecule has 3 nitrogen and oxygen atoms in total. The molecule has 0 aliphatic carbocycles. The van der Waals surface area contributed by atoms with Gasteiger partial charge in [-0.1, -0.05) is 90.9 Å². The number of nitrogens with zero attached hydrogens (tertiary/aromatic N) is 1. The van der Waals surface area contributed by atoms with Crippen molar-refractivity contribution in [2.45, 2.75) is 110 Å². The van der Waals surface area contributed by atoms with Gasteiger partial charge in [0.25, 0.3) is 0 Å². The molecule has 0 aromatic rings. The number of unbranched alkanes of at least 4 members (excludes halogenated alkanes) is 12. The monoisotopic (exact) mass is 343 g/mol. The molecule has 0 heterocycles. The first-order valence-electron chi connectivity index (χ1n) is 10.4. The van der Waals surface area contributed by atoms with E-state index in [1.54, 1.807) is 0 Å². The average Bonchev–Trinajstić information content (AvgIpc) is 2.52. The van der Waals surface area contributed by atoms with Crippen LogP contribution in [0.25, 0.3) is 0 Å². The van der Waals surface area contributed by atoms with Gasteiger partial charge in [0.1, 0.15) is 0 Å². The summed E-state index contributed by atoms with van der Waals surface area (Å²) in [6.45, 7) is 5.65. The maximum absolute atomic E-state index is 10.3. The van der Waals surface area contributed by atoms with Gasteiger partial charge in [0, 0.05) is 6.42 Å². The van der Waals surface area contributed by atoms with Crippen molar-refractivity contribution in [2.75, 3.05) is 20.6 Å². The van der Waals surface area contributed by atoms with Crippen molar-refractivity contribution >= 4 is 5.97 Å². The van der Waals surface area contributed by atoms with Gasteiger partial charge in [-0.3, -0.25) is 4.79 Å². The summed E-state index contributed by atoms with van der Waals surface area (Å²) in [5.74, 6) is -0.655. The highest BCUT2D eigenvalue weighted by Gasteiger charge is 1.96. The van der Waals surface area contributed by atoms with Crippen LogP contribution in [0.5, 0.6) is 0 Å². The lowest BCUT2D eigenvalue weighted by Crippen LogP contribution is -2.11. The molecular formula is C21H45NO2. The molecule has 0 aromatic heterocycles. The molecule has 0 bridgehead atoms. The van der Waals surface area contributed by atoms with E-state index in [2.05, 4.69) is 32.8 Å². The van der Waals surface area contributed by atoms with E-state index in [4.69, 9.17) is 5.11 Å². The summed E-state index contributed by atoms with van der Waals surface area (Å²) in [4.78, 5) is 12.5. The fourth-order valence-corrected chi connectivity index (χ4v) is 2.74. The van der Waals surface area contributed by atoms with Crippen molar-refractivity contribution in [3.63, 3.8) is 0 Å². The Kier molecular flexibility index (Phi) is 24.0. The summed E-state index contributed by atoms with van der Waals surface area (Å²) >= 11 is 0. The van der Waals surface area contributed by atoms with Crippen LogP contribution in [0.1, 0.15) is 110 Å². The summed E-state index contributed by atoms with van der Waals surface area (Å²) in [6, 6.07) is 0. The van der Waals surface area contributed by atoms with Gasteiger partial charge in [0.2, 0.25) is 0 Å². The minimum Gasteiger partial charge on any atom is -0.481 e. The van der Waals surface area contributed by atoms with E-state index in [9.17, 15) is 4.79 Å². The Balaban J connectivity index is 0. The van der Waals surface area contributed by atoms with Crippen LogP contribution in [0, 0.1) is 0 Å². The van der Waals surface area contributed by atoms with Crippen molar-refractivity contribution in [1.82, 2.24) is 4.90 Å². The van der Waals surface area contributed by atoms with Gasteiger partial charge in [0.15, 0.2) is 0 Å². The number of rotatable bonds is 16. The first-order chi connectivity index (χ1) is 11.5. The zero-order chi connectivity index (χ0) is 18.5. The Morgan fingerprint density at radius 1 is 0.667 bits per heavy atom. The smallest absolute Gasteiger partial charge is 0.303 e. The zero-order valence-corrected chi connectivity index (χ0v) is 17.1. The first-order valence-corrected chi connectivity index (χ1v) is 10.4. The molecular weight excluding hydrogens is 298 g/mol. The summed E-state index contributed by atoms with van der Waals surface area (Å²) in [5, 5.41) is 8.49. The van der Waals surface area contributed by atoms with Gasteiger partial charge in [-0.2, -0.15) is 0 Å². The lowest BCUT2D eigenvalue weighted by Gasteiger charge is -2.03. The highest BCUT2D eigenvalue weighted by atomic mass is 16.4. The molecule has 0 radical (unpaired) electrons. The van der Waals surface area contributed by atoms with Crippen molar-refractivity contribution < 1.29 is 9.90 Å². The highest BCUT2D eigenvalue weighted by molar-refractivity contribution is 5.66. The fourth-order valence-electron chi connectivity index (χ4n) is 2.74. The summed E-state index contributed by atoms with van der Waals surface area (Å²) in [5.41, 5.74) is 0. The third-order valence-electron chi connectivity index (χ3n) is 4.17. The maximum Gasteiger partial charge on any atom is 0.303 e. The second kappa shape index (κ2) is 22.4. The largest absolute Gasteiger partial charge is 0.481 e. The fraction of sp³-hybridized carbons (Fsp3) is 0.952. The van der Waals surface area contributed by atoms with Gasteiger partial charge in [0.05, 0.1) is 0 Å². The molecule has 0 unspecified atom stereocenters. The van der Waals surface area contributed by atoms with Crippen LogP contribution in [-0.4, -0.2) is 36.6 Å². The molecule has 24 heavy (non-hydrogen) atoms. The van der Waals surface area contributed by atoms with E-state index in [0.717, 1.165) is 12.8 Å². The quantitative estimate of drug-likeness (QED) is 0.325. The van der Waals surface area contributed by atoms with Crippen LogP contribution >= 0.6 is 0 Å². The molecule has 0 saturated carbocycles. The Bertz CT molecular complexity index is 242. The van der Waals surface area contributed by atoms with Crippen molar-refractivity contribution in [1.29, 1.82) is 0 Å². The maximum atomic E-state index is 10.3. The Morgan fingerprint density at radius 2 is 1.04 bits per heavy atom. The lowest BCUT2D eigenvalue weighted by atomic mass is 10.0. The second-order valence-corrected chi connectivity index (χ2v) is 7.19. The van der Waals surface area contributed by atoms with Gasteiger partial charge < -0.3 is 10.0 Å². The van der Waals surface area contributed by atoms with Crippen LogP contribution in [0.15, 0.2) is 0 Å². The third kappa shape index (κ3) is 29.4. The number of aliphatic carboxylic acids is 1. The Hall–Kier alpha value is -0.570. The molecule has 3 heteroatoms. The Morgan fingerprint density at radius 3 is 1.29 bits per heavy atom. The predicted octanol–water partition coefficient (Wildman–Crippen LogP) is 6.51. The van der Waals surface area contributed by atoms with E-state index in [-0.39, 0.29) is 0 Å². The molecule has 0 aliphatic heterocycles. The van der Waals surface area contributed by atoms with E-state index in [0.29, 0.717) is 6.42 Å². The van der Waals surface area contributed by atoms with Crippen LogP contribution in [0.2, 0.25) is 0 Å². The molecule has 146 valence electrons. The number of carbonyl (C=O) groups is 1. The SMILES string of the molecule is CCCCCCCCCCCCCCCC(=O)O.CCCN(C)C. The number of carboxylic acids is 1. The van der Waals surface area contributed by atoms with Crippen LogP contribution < -0.4 is 0 Å². The van der Waals surface area contributed by atoms with Gasteiger partial charge >= 0.3 is 5.97 Å². The van der Waals surface area contributed by atoms with Crippen LogP contribution in [0.3, 0.4) is 0 Å². The highest BCUT2D eigenvalue weighted by Crippen LogP contribution is 2.12. The summed E-state index contributed by atoms with van der Waals surface area (Å²) in [7, 11) is 4.17. The zero-order valence-electron chi connectivity index (χ0n) is 17.1. The minimum atomic E-state index is -0.655. The standard InChI is InChI=1S/C16H32O2.C5H13N/c1-2-3-4-5-6-7-8-9-10-11-12-13-14-15-16(17)18;1-4-5-6(2)3/h2-15H2,1H3,(H,17,18);4-5H2,1-3H3. The number of carboxylic acid groups (broad SMARTS) is 1. The molecule has 0 fully saturated rings. The van der Waals surface area contributed by atoms with Crippen molar-refractivity contribution in [3.8, 4) is 0 Å². The van der Waals surface area contributed by atoms with Gasteiger partial charge in [-0.15, -0.1) is 0 Å². The van der Waals surface area contributed by atoms with E-state index >= 15 is 0 Å². The molecule has 0 spiro atoms. The average molecular weight is 344 g/mol. The van der Waals surface area contributed by atoms with Crippen molar-refractivity contribution in [3.05, 3.63) is 0 Å². The molecule has 0 aliphatic rings. The van der Waals surface area contributed by atoms with E-state index < -0.39 is 5.97 Å². The number of hydrogen-bond acceptors (Lipinski definition) is 2. The first kappa shape index (κ1) is 25.7. The second-order valence-electron chi connectivity index (χ2n) is 7.19. The van der Waals surface area contributed by atoms with Gasteiger partial charge in [-0.05, 0) is 33.5 Å². The topological polar surface area (TPSA) is 40.5 Å². The summed E-state index contributed by atoms with van der Waals surface area (Å²) < 4.78 is 0. The molecule has 0 atom stereocenters. The molecule has 1 N–H and O–H groups in total. The Labute approximate surface area is 152 Å². The predicted molar refractivity (Wildman–Crippen MR) is 107 cm³/mol. The van der Waals surface area contributed by atoms with Crippen molar-refractivity contribution in [2.24, 2.45) is 0 Å². The molecule has 0 amide bonds. The van der Waals surface area contributed by atoms with Gasteiger partial charge in [-0.25, -0.2) is 0 Å². The minimum absolute atomic E-state index is 0.345.